The highest BCUT2D eigenvalue weighted by molar-refractivity contribution is 5.94. The molecule has 132 valence electrons. The van der Waals surface area contributed by atoms with Gasteiger partial charge >= 0.3 is 0 Å². The number of ether oxygens (including phenoxy) is 1. The summed E-state index contributed by atoms with van der Waals surface area (Å²) >= 11 is 0. The van der Waals surface area contributed by atoms with E-state index in [4.69, 9.17) is 10.5 Å². The largest absolute Gasteiger partial charge is 0.373 e. The lowest BCUT2D eigenvalue weighted by Gasteiger charge is -2.33. The minimum Gasteiger partial charge on any atom is -0.373 e. The first-order valence-corrected chi connectivity index (χ1v) is 8.76. The lowest BCUT2D eigenvalue weighted by atomic mass is 10.1. The first-order valence-electron chi connectivity index (χ1n) is 8.76. The Labute approximate surface area is 144 Å². The Morgan fingerprint density at radius 3 is 2.79 bits per heavy atom. The van der Waals surface area contributed by atoms with E-state index in [1.54, 1.807) is 0 Å². The molecule has 0 radical (unpaired) electrons. The van der Waals surface area contributed by atoms with Gasteiger partial charge in [0.2, 0.25) is 0 Å². The van der Waals surface area contributed by atoms with E-state index in [-0.39, 0.29) is 12.0 Å². The third-order valence-corrected chi connectivity index (χ3v) is 4.86. The topological polar surface area (TPSA) is 62.0 Å². The fourth-order valence-electron chi connectivity index (χ4n) is 3.30. The minimum atomic E-state index is -0.0452. The maximum Gasteiger partial charge on any atom is 0.254 e. The van der Waals surface area contributed by atoms with Gasteiger partial charge in [0.25, 0.3) is 5.91 Å². The molecule has 2 fully saturated rings. The van der Waals surface area contributed by atoms with Gasteiger partial charge in [-0.3, -0.25) is 9.69 Å². The van der Waals surface area contributed by atoms with E-state index in [0.717, 1.165) is 38.3 Å². The van der Waals surface area contributed by atoms with Crippen LogP contribution in [0.4, 0.5) is 0 Å². The number of nitrogens with zero attached hydrogens (tertiary/aromatic N) is 3. The Bertz CT molecular complexity index is 558. The number of amides is 1. The number of piperazine rings is 1. The molecule has 1 aromatic rings. The quantitative estimate of drug-likeness (QED) is 0.855. The third kappa shape index (κ3) is 4.33. The summed E-state index contributed by atoms with van der Waals surface area (Å²) in [5.41, 5.74) is 7.64. The predicted octanol–water partition coefficient (Wildman–Crippen LogP) is 0.234. The van der Waals surface area contributed by atoms with Crippen molar-refractivity contribution in [2.45, 2.75) is 12.6 Å². The average molecular weight is 332 g/mol. The molecule has 6 nitrogen and oxygen atoms in total. The molecule has 6 heteroatoms. The number of carbonyl (C=O) groups is 1. The Morgan fingerprint density at radius 2 is 2.04 bits per heavy atom. The molecule has 2 heterocycles. The Kier molecular flexibility index (Phi) is 5.84. The van der Waals surface area contributed by atoms with Gasteiger partial charge in [-0.1, -0.05) is 12.1 Å². The van der Waals surface area contributed by atoms with Gasteiger partial charge in [-0.05, 0) is 24.7 Å². The van der Waals surface area contributed by atoms with E-state index in [1.165, 1.54) is 5.56 Å². The molecule has 2 aliphatic heterocycles. The predicted molar refractivity (Wildman–Crippen MR) is 93.9 cm³/mol. The van der Waals surface area contributed by atoms with Crippen LogP contribution in [-0.2, 0) is 11.3 Å². The van der Waals surface area contributed by atoms with Crippen LogP contribution in [-0.4, -0.2) is 86.2 Å². The fraction of sp³-hybridized carbons (Fsp3) is 0.611. The van der Waals surface area contributed by atoms with Crippen molar-refractivity contribution >= 4 is 5.91 Å². The monoisotopic (exact) mass is 332 g/mol. The molecule has 0 saturated carbocycles. The highest BCUT2D eigenvalue weighted by Gasteiger charge is 2.24. The normalized spacial score (nSPS) is 23.4. The molecular weight excluding hydrogens is 304 g/mol. The van der Waals surface area contributed by atoms with E-state index in [9.17, 15) is 4.79 Å². The molecule has 3 rings (SSSR count). The molecule has 0 spiro atoms. The van der Waals surface area contributed by atoms with Gasteiger partial charge in [-0.15, -0.1) is 0 Å². The number of likely N-dealkylation sites (N-methyl/N-ethyl adjacent to an activating group) is 1. The van der Waals surface area contributed by atoms with Crippen molar-refractivity contribution in [3.05, 3.63) is 35.4 Å². The summed E-state index contributed by atoms with van der Waals surface area (Å²) in [6, 6.07) is 8.03. The number of nitrogens with two attached hydrogens (primary N) is 1. The Balaban J connectivity index is 1.63. The molecule has 1 atom stereocenters. The van der Waals surface area contributed by atoms with E-state index in [2.05, 4.69) is 22.9 Å². The maximum atomic E-state index is 12.8. The number of benzene rings is 1. The zero-order valence-corrected chi connectivity index (χ0v) is 14.5. The summed E-state index contributed by atoms with van der Waals surface area (Å²) in [5.74, 6) is 0.0805. The number of carbonyl (C=O) groups excluding carboxylic acids is 1. The smallest absolute Gasteiger partial charge is 0.254 e. The van der Waals surface area contributed by atoms with Crippen molar-refractivity contribution < 1.29 is 9.53 Å². The SMILES string of the molecule is CN1CCN(Cc2cccc(C(=O)N3CCOC(CN)C3)c2)CC1. The Hall–Kier alpha value is -1.47. The number of hydrogen-bond acceptors (Lipinski definition) is 5. The average Bonchev–Trinajstić information content (AvgIpc) is 2.63. The molecule has 1 aromatic carbocycles. The van der Waals surface area contributed by atoms with Gasteiger partial charge in [0.05, 0.1) is 12.7 Å². The van der Waals surface area contributed by atoms with Crippen LogP contribution < -0.4 is 5.73 Å². The van der Waals surface area contributed by atoms with Crippen LogP contribution in [0.3, 0.4) is 0 Å². The van der Waals surface area contributed by atoms with Crippen molar-refractivity contribution in [1.82, 2.24) is 14.7 Å². The molecule has 1 unspecified atom stereocenters. The molecule has 24 heavy (non-hydrogen) atoms. The summed E-state index contributed by atoms with van der Waals surface area (Å²) in [6.45, 7) is 7.51. The van der Waals surface area contributed by atoms with Crippen LogP contribution in [0.5, 0.6) is 0 Å². The van der Waals surface area contributed by atoms with Crippen LogP contribution in [0.1, 0.15) is 15.9 Å². The highest BCUT2D eigenvalue weighted by Crippen LogP contribution is 2.14. The van der Waals surface area contributed by atoms with Gasteiger partial charge in [-0.25, -0.2) is 0 Å². The molecule has 2 aliphatic rings. The number of morpholine rings is 1. The molecule has 0 aliphatic carbocycles. The second kappa shape index (κ2) is 8.07. The summed E-state index contributed by atoms with van der Waals surface area (Å²) < 4.78 is 5.55. The lowest BCUT2D eigenvalue weighted by molar-refractivity contribution is -0.0167. The fourth-order valence-corrected chi connectivity index (χ4v) is 3.30. The van der Waals surface area contributed by atoms with Gasteiger partial charge in [0.15, 0.2) is 0 Å². The van der Waals surface area contributed by atoms with E-state index in [0.29, 0.717) is 26.2 Å². The van der Waals surface area contributed by atoms with Crippen molar-refractivity contribution in [1.29, 1.82) is 0 Å². The van der Waals surface area contributed by atoms with Gasteiger partial charge in [0.1, 0.15) is 0 Å². The molecule has 1 amide bonds. The van der Waals surface area contributed by atoms with Crippen molar-refractivity contribution in [3.63, 3.8) is 0 Å². The van der Waals surface area contributed by atoms with E-state index < -0.39 is 0 Å². The van der Waals surface area contributed by atoms with Crippen molar-refractivity contribution in [3.8, 4) is 0 Å². The first kappa shape index (κ1) is 17.4. The van der Waals surface area contributed by atoms with Crippen molar-refractivity contribution in [2.75, 3.05) is 59.5 Å². The van der Waals surface area contributed by atoms with Gasteiger partial charge < -0.3 is 20.3 Å². The van der Waals surface area contributed by atoms with Gasteiger partial charge in [-0.2, -0.15) is 0 Å². The third-order valence-electron chi connectivity index (χ3n) is 4.86. The van der Waals surface area contributed by atoms with E-state index >= 15 is 0 Å². The summed E-state index contributed by atoms with van der Waals surface area (Å²) in [4.78, 5) is 19.4. The molecule has 2 N–H and O–H groups in total. The second-order valence-electron chi connectivity index (χ2n) is 6.76. The zero-order valence-electron chi connectivity index (χ0n) is 14.5. The van der Waals surface area contributed by atoms with Crippen LogP contribution in [0.15, 0.2) is 24.3 Å². The molecular formula is C18H28N4O2. The molecule has 0 aromatic heterocycles. The number of rotatable bonds is 4. The van der Waals surface area contributed by atoms with E-state index in [1.807, 2.05) is 23.1 Å². The highest BCUT2D eigenvalue weighted by atomic mass is 16.5. The summed E-state index contributed by atoms with van der Waals surface area (Å²) in [7, 11) is 2.16. The van der Waals surface area contributed by atoms with Crippen LogP contribution >= 0.6 is 0 Å². The van der Waals surface area contributed by atoms with Crippen molar-refractivity contribution in [2.24, 2.45) is 5.73 Å². The second-order valence-corrected chi connectivity index (χ2v) is 6.76. The van der Waals surface area contributed by atoms with Crippen LogP contribution in [0.25, 0.3) is 0 Å². The Morgan fingerprint density at radius 1 is 1.25 bits per heavy atom. The number of hydrogen-bond donors (Lipinski definition) is 1. The summed E-state index contributed by atoms with van der Waals surface area (Å²) in [5, 5.41) is 0. The van der Waals surface area contributed by atoms with Crippen LogP contribution in [0.2, 0.25) is 0 Å². The lowest BCUT2D eigenvalue weighted by Crippen LogP contribution is -2.48. The van der Waals surface area contributed by atoms with Gasteiger partial charge in [0, 0.05) is 57.9 Å². The minimum absolute atomic E-state index is 0.0452. The maximum absolute atomic E-state index is 12.8. The van der Waals surface area contributed by atoms with Crippen LogP contribution in [0, 0.1) is 0 Å². The first-order chi connectivity index (χ1) is 11.7. The summed E-state index contributed by atoms with van der Waals surface area (Å²) in [6.07, 6.45) is -0.0452. The molecule has 0 bridgehead atoms. The standard InChI is InChI=1S/C18H28N4O2/c1-20-5-7-21(8-6-20)13-15-3-2-4-16(11-15)18(23)22-9-10-24-17(12-19)14-22/h2-4,11,17H,5-10,12-14,19H2,1H3. The molecule has 2 saturated heterocycles. The zero-order chi connectivity index (χ0) is 16.9.